The second kappa shape index (κ2) is 9.32. The number of carbonyl (C=O) groups is 5. The molecule has 0 spiro atoms. The van der Waals surface area contributed by atoms with Gasteiger partial charge < -0.3 is 27.2 Å². The fourth-order valence-corrected chi connectivity index (χ4v) is 1.63. The van der Waals surface area contributed by atoms with Gasteiger partial charge in [0.05, 0.1) is 0 Å². The highest BCUT2D eigenvalue weighted by Gasteiger charge is 2.25. The highest BCUT2D eigenvalue weighted by molar-refractivity contribution is 5.91. The van der Waals surface area contributed by atoms with E-state index in [0.29, 0.717) is 0 Å². The zero-order valence-electron chi connectivity index (χ0n) is 12.1. The standard InChI is InChI=1S/C12H20N4O6/c1-6(17)15-8(3-5-10(19)20)12(22)16-7(11(14)21)2-4-9(13)18/h7-8H,2-5H2,1H3,(H2,13,18)(H2,14,21)(H,15,17)(H,16,22)(H,19,20)/t7-,8-/m0/s1. The Morgan fingerprint density at radius 3 is 1.91 bits per heavy atom. The van der Waals surface area contributed by atoms with E-state index in [1.807, 2.05) is 0 Å². The summed E-state index contributed by atoms with van der Waals surface area (Å²) in [5.74, 6) is -3.95. The molecule has 0 bridgehead atoms. The lowest BCUT2D eigenvalue weighted by Crippen LogP contribution is -2.52. The number of carbonyl (C=O) groups excluding carboxylic acids is 4. The van der Waals surface area contributed by atoms with E-state index in [1.54, 1.807) is 0 Å². The molecule has 0 saturated heterocycles. The van der Waals surface area contributed by atoms with E-state index in [1.165, 1.54) is 6.92 Å². The normalized spacial score (nSPS) is 12.8. The summed E-state index contributed by atoms with van der Waals surface area (Å²) in [5.41, 5.74) is 10.1. The molecule has 0 unspecified atom stereocenters. The summed E-state index contributed by atoms with van der Waals surface area (Å²) in [6, 6.07) is -2.26. The molecular formula is C12H20N4O6. The number of nitrogens with two attached hydrogens (primary N) is 2. The molecule has 0 aliphatic rings. The molecule has 124 valence electrons. The highest BCUT2D eigenvalue weighted by atomic mass is 16.4. The maximum absolute atomic E-state index is 12.0. The Balaban J connectivity index is 4.79. The molecule has 0 aromatic rings. The quantitative estimate of drug-likeness (QED) is 0.299. The van der Waals surface area contributed by atoms with Crippen LogP contribution in [0.5, 0.6) is 0 Å². The number of carboxylic acid groups (broad SMARTS) is 1. The lowest BCUT2D eigenvalue weighted by molar-refractivity contribution is -0.138. The van der Waals surface area contributed by atoms with Crippen LogP contribution in [0.15, 0.2) is 0 Å². The molecule has 0 aliphatic heterocycles. The number of hydrogen-bond donors (Lipinski definition) is 5. The van der Waals surface area contributed by atoms with Gasteiger partial charge in [0.1, 0.15) is 12.1 Å². The summed E-state index contributed by atoms with van der Waals surface area (Å²) < 4.78 is 0. The molecule has 0 aromatic carbocycles. The van der Waals surface area contributed by atoms with Crippen molar-refractivity contribution < 1.29 is 29.1 Å². The SMILES string of the molecule is CC(=O)N[C@@H](CCC(=O)O)C(=O)N[C@@H](CCC(N)=O)C(N)=O. The second-order valence-corrected chi connectivity index (χ2v) is 4.65. The maximum Gasteiger partial charge on any atom is 0.303 e. The molecule has 0 radical (unpaired) electrons. The van der Waals surface area contributed by atoms with Gasteiger partial charge in [-0.1, -0.05) is 0 Å². The van der Waals surface area contributed by atoms with Crippen LogP contribution in [0.25, 0.3) is 0 Å². The first-order valence-electron chi connectivity index (χ1n) is 6.50. The van der Waals surface area contributed by atoms with E-state index in [2.05, 4.69) is 10.6 Å². The molecule has 10 heteroatoms. The summed E-state index contributed by atoms with van der Waals surface area (Å²) in [5, 5.41) is 13.2. The van der Waals surface area contributed by atoms with Crippen molar-refractivity contribution in [3.63, 3.8) is 0 Å². The van der Waals surface area contributed by atoms with Gasteiger partial charge >= 0.3 is 5.97 Å². The molecule has 7 N–H and O–H groups in total. The number of hydrogen-bond acceptors (Lipinski definition) is 5. The molecule has 0 fully saturated rings. The molecule has 0 heterocycles. The van der Waals surface area contributed by atoms with Crippen molar-refractivity contribution in [1.82, 2.24) is 10.6 Å². The third-order valence-electron chi connectivity index (χ3n) is 2.68. The van der Waals surface area contributed by atoms with Crippen LogP contribution < -0.4 is 22.1 Å². The van der Waals surface area contributed by atoms with Gasteiger partial charge in [-0.2, -0.15) is 0 Å². The third kappa shape index (κ3) is 8.51. The fraction of sp³-hybridized carbons (Fsp3) is 0.583. The molecule has 0 rings (SSSR count). The fourth-order valence-electron chi connectivity index (χ4n) is 1.63. The van der Waals surface area contributed by atoms with Gasteiger partial charge in [-0.3, -0.25) is 24.0 Å². The molecule has 2 atom stereocenters. The first-order valence-corrected chi connectivity index (χ1v) is 6.50. The van der Waals surface area contributed by atoms with Gasteiger partial charge in [0, 0.05) is 19.8 Å². The van der Waals surface area contributed by atoms with E-state index in [4.69, 9.17) is 16.6 Å². The van der Waals surface area contributed by atoms with Crippen molar-refractivity contribution in [1.29, 1.82) is 0 Å². The van der Waals surface area contributed by atoms with Gasteiger partial charge in [-0.05, 0) is 12.8 Å². The first kappa shape index (κ1) is 19.4. The summed E-state index contributed by atoms with van der Waals surface area (Å²) in [4.78, 5) is 55.5. The minimum atomic E-state index is -1.14. The summed E-state index contributed by atoms with van der Waals surface area (Å²) in [6.07, 6.45) is -0.737. The number of aliphatic carboxylic acids is 1. The van der Waals surface area contributed by atoms with Crippen LogP contribution >= 0.6 is 0 Å². The molecule has 10 nitrogen and oxygen atoms in total. The summed E-state index contributed by atoms with van der Waals surface area (Å²) >= 11 is 0. The largest absolute Gasteiger partial charge is 0.481 e. The van der Waals surface area contributed by atoms with Crippen LogP contribution in [0.3, 0.4) is 0 Å². The lowest BCUT2D eigenvalue weighted by Gasteiger charge is -2.20. The minimum Gasteiger partial charge on any atom is -0.481 e. The van der Waals surface area contributed by atoms with Crippen molar-refractivity contribution in [3.05, 3.63) is 0 Å². The van der Waals surface area contributed by atoms with E-state index in [0.717, 1.165) is 0 Å². The molecule has 0 aliphatic carbocycles. The Morgan fingerprint density at radius 2 is 1.50 bits per heavy atom. The van der Waals surface area contributed by atoms with Crippen LogP contribution in [-0.2, 0) is 24.0 Å². The Morgan fingerprint density at radius 1 is 0.955 bits per heavy atom. The topological polar surface area (TPSA) is 182 Å². The minimum absolute atomic E-state index is 0.0812. The Bertz CT molecular complexity index is 465. The summed E-state index contributed by atoms with van der Waals surface area (Å²) in [6.45, 7) is 1.17. The average Bonchev–Trinajstić information content (AvgIpc) is 2.37. The van der Waals surface area contributed by atoms with E-state index in [-0.39, 0.29) is 25.7 Å². The third-order valence-corrected chi connectivity index (χ3v) is 2.68. The zero-order chi connectivity index (χ0) is 17.3. The van der Waals surface area contributed by atoms with Crippen LogP contribution in [-0.4, -0.2) is 46.8 Å². The molecular weight excluding hydrogens is 296 g/mol. The molecule has 0 saturated carbocycles. The van der Waals surface area contributed by atoms with Crippen LogP contribution in [0.4, 0.5) is 0 Å². The predicted molar refractivity (Wildman–Crippen MR) is 74.0 cm³/mol. The smallest absolute Gasteiger partial charge is 0.303 e. The lowest BCUT2D eigenvalue weighted by atomic mass is 10.1. The number of nitrogens with one attached hydrogen (secondary N) is 2. The second-order valence-electron chi connectivity index (χ2n) is 4.65. The Kier molecular flexibility index (Phi) is 8.19. The predicted octanol–water partition coefficient (Wildman–Crippen LogP) is -2.41. The van der Waals surface area contributed by atoms with Gasteiger partial charge in [0.2, 0.25) is 23.6 Å². The first-order chi connectivity index (χ1) is 10.1. The Labute approximate surface area is 126 Å². The van der Waals surface area contributed by atoms with Crippen molar-refractivity contribution in [2.24, 2.45) is 11.5 Å². The average molecular weight is 316 g/mol. The van der Waals surface area contributed by atoms with Crippen molar-refractivity contribution in [3.8, 4) is 0 Å². The molecule has 22 heavy (non-hydrogen) atoms. The van der Waals surface area contributed by atoms with E-state index >= 15 is 0 Å². The zero-order valence-corrected chi connectivity index (χ0v) is 12.1. The number of carboxylic acids is 1. The monoisotopic (exact) mass is 316 g/mol. The van der Waals surface area contributed by atoms with Crippen LogP contribution in [0.2, 0.25) is 0 Å². The van der Waals surface area contributed by atoms with Gasteiger partial charge in [-0.25, -0.2) is 0 Å². The maximum atomic E-state index is 12.0. The van der Waals surface area contributed by atoms with Gasteiger partial charge in [0.15, 0.2) is 0 Å². The highest BCUT2D eigenvalue weighted by Crippen LogP contribution is 2.02. The van der Waals surface area contributed by atoms with Crippen molar-refractivity contribution in [2.75, 3.05) is 0 Å². The number of rotatable bonds is 10. The van der Waals surface area contributed by atoms with Crippen LogP contribution in [0.1, 0.15) is 32.6 Å². The molecule has 4 amide bonds. The molecule has 0 aromatic heterocycles. The van der Waals surface area contributed by atoms with E-state index < -0.39 is 41.7 Å². The van der Waals surface area contributed by atoms with Gasteiger partial charge in [0.25, 0.3) is 0 Å². The van der Waals surface area contributed by atoms with Crippen LogP contribution in [0, 0.1) is 0 Å². The number of amides is 4. The van der Waals surface area contributed by atoms with Crippen molar-refractivity contribution >= 4 is 29.6 Å². The summed E-state index contributed by atoms with van der Waals surface area (Å²) in [7, 11) is 0. The van der Waals surface area contributed by atoms with Crippen molar-refractivity contribution in [2.45, 2.75) is 44.7 Å². The van der Waals surface area contributed by atoms with E-state index in [9.17, 15) is 24.0 Å². The van der Waals surface area contributed by atoms with Gasteiger partial charge in [-0.15, -0.1) is 0 Å². The number of primary amides is 2. The Hall–Kier alpha value is -2.65.